The topological polar surface area (TPSA) is 54.4 Å². The van der Waals surface area contributed by atoms with E-state index in [0.717, 1.165) is 6.07 Å². The maximum atomic E-state index is 12.8. The largest absolute Gasteiger partial charge is 0.481 e. The first-order valence-electron chi connectivity index (χ1n) is 4.48. The van der Waals surface area contributed by atoms with E-state index < -0.39 is 28.5 Å². The molecule has 0 aliphatic carbocycles. The number of carboxylic acid groups (broad SMARTS) is 1. The SMILES string of the molecule is CC(CS(=O)c1ccc(F)c(Cl)c1)C(=O)O. The Labute approximate surface area is 99.7 Å². The maximum absolute atomic E-state index is 12.8. The molecule has 2 atom stereocenters. The van der Waals surface area contributed by atoms with Gasteiger partial charge in [-0.3, -0.25) is 9.00 Å². The standard InChI is InChI=1S/C10H10ClFO3S/c1-6(10(13)14)5-16(15)7-2-3-9(12)8(11)4-7/h2-4,6H,5H2,1H3,(H,13,14). The first-order chi connectivity index (χ1) is 7.41. The predicted molar refractivity (Wildman–Crippen MR) is 59.5 cm³/mol. The molecule has 0 fully saturated rings. The summed E-state index contributed by atoms with van der Waals surface area (Å²) < 4.78 is 24.5. The number of benzene rings is 1. The van der Waals surface area contributed by atoms with Gasteiger partial charge in [0.15, 0.2) is 0 Å². The van der Waals surface area contributed by atoms with E-state index in [1.54, 1.807) is 0 Å². The highest BCUT2D eigenvalue weighted by molar-refractivity contribution is 7.85. The Bertz CT molecular complexity index is 436. The van der Waals surface area contributed by atoms with Crippen molar-refractivity contribution in [1.29, 1.82) is 0 Å². The maximum Gasteiger partial charge on any atom is 0.307 e. The average molecular weight is 265 g/mol. The van der Waals surface area contributed by atoms with Gasteiger partial charge in [0.05, 0.1) is 21.7 Å². The molecule has 0 heterocycles. The molecule has 6 heteroatoms. The van der Waals surface area contributed by atoms with Gasteiger partial charge in [-0.2, -0.15) is 0 Å². The summed E-state index contributed by atoms with van der Waals surface area (Å²) in [7, 11) is -1.48. The van der Waals surface area contributed by atoms with Crippen LogP contribution >= 0.6 is 11.6 Å². The van der Waals surface area contributed by atoms with Crippen LogP contribution in [0.2, 0.25) is 5.02 Å². The van der Waals surface area contributed by atoms with Crippen LogP contribution in [0.3, 0.4) is 0 Å². The second kappa shape index (κ2) is 5.41. The van der Waals surface area contributed by atoms with Crippen LogP contribution in [-0.4, -0.2) is 21.0 Å². The minimum atomic E-state index is -1.48. The lowest BCUT2D eigenvalue weighted by atomic mass is 10.2. The van der Waals surface area contributed by atoms with Crippen LogP contribution in [0.1, 0.15) is 6.92 Å². The molecule has 0 saturated heterocycles. The Morgan fingerprint density at radius 3 is 2.75 bits per heavy atom. The molecular weight excluding hydrogens is 255 g/mol. The Morgan fingerprint density at radius 1 is 1.62 bits per heavy atom. The van der Waals surface area contributed by atoms with Crippen molar-refractivity contribution in [2.45, 2.75) is 11.8 Å². The minimum Gasteiger partial charge on any atom is -0.481 e. The monoisotopic (exact) mass is 264 g/mol. The van der Waals surface area contributed by atoms with E-state index in [1.807, 2.05) is 0 Å². The van der Waals surface area contributed by atoms with Crippen molar-refractivity contribution in [2.75, 3.05) is 5.75 Å². The molecule has 0 aliphatic heterocycles. The molecule has 0 spiro atoms. The molecule has 0 aromatic heterocycles. The van der Waals surface area contributed by atoms with Crippen molar-refractivity contribution in [3.63, 3.8) is 0 Å². The fraction of sp³-hybridized carbons (Fsp3) is 0.300. The minimum absolute atomic E-state index is 0.0166. The van der Waals surface area contributed by atoms with Crippen molar-refractivity contribution in [3.05, 3.63) is 29.0 Å². The smallest absolute Gasteiger partial charge is 0.307 e. The van der Waals surface area contributed by atoms with Gasteiger partial charge in [0.2, 0.25) is 0 Å². The Balaban J connectivity index is 2.81. The molecule has 1 N–H and O–H groups in total. The van der Waals surface area contributed by atoms with E-state index >= 15 is 0 Å². The van der Waals surface area contributed by atoms with Crippen molar-refractivity contribution < 1.29 is 18.5 Å². The first-order valence-corrected chi connectivity index (χ1v) is 6.17. The summed E-state index contributed by atoms with van der Waals surface area (Å²) in [6, 6.07) is 3.70. The van der Waals surface area contributed by atoms with Crippen molar-refractivity contribution in [1.82, 2.24) is 0 Å². The van der Waals surface area contributed by atoms with E-state index in [1.165, 1.54) is 19.1 Å². The van der Waals surface area contributed by atoms with Gasteiger partial charge in [0, 0.05) is 10.6 Å². The van der Waals surface area contributed by atoms with Crippen LogP contribution in [-0.2, 0) is 15.6 Å². The summed E-state index contributed by atoms with van der Waals surface area (Å²) in [5.74, 6) is -2.34. The lowest BCUT2D eigenvalue weighted by Gasteiger charge is -2.06. The van der Waals surface area contributed by atoms with Gasteiger partial charge in [-0.1, -0.05) is 18.5 Å². The van der Waals surface area contributed by atoms with Crippen molar-refractivity contribution in [2.24, 2.45) is 5.92 Å². The normalized spacial score (nSPS) is 14.4. The third-order valence-corrected chi connectivity index (χ3v) is 3.85. The van der Waals surface area contributed by atoms with Gasteiger partial charge < -0.3 is 5.11 Å². The second-order valence-corrected chi connectivity index (χ2v) is 5.23. The lowest BCUT2D eigenvalue weighted by Crippen LogP contribution is -2.17. The molecule has 1 rings (SSSR count). The highest BCUT2D eigenvalue weighted by atomic mass is 35.5. The van der Waals surface area contributed by atoms with E-state index in [9.17, 15) is 13.4 Å². The Morgan fingerprint density at radius 2 is 2.25 bits per heavy atom. The Kier molecular flexibility index (Phi) is 4.44. The van der Waals surface area contributed by atoms with Gasteiger partial charge in [-0.15, -0.1) is 0 Å². The molecule has 3 nitrogen and oxygen atoms in total. The number of halogens is 2. The molecule has 0 radical (unpaired) electrons. The number of hydrogen-bond acceptors (Lipinski definition) is 2. The quantitative estimate of drug-likeness (QED) is 0.908. The summed E-state index contributed by atoms with van der Waals surface area (Å²) in [5.41, 5.74) is 0. The van der Waals surface area contributed by atoms with Gasteiger partial charge in [-0.05, 0) is 18.2 Å². The summed E-state index contributed by atoms with van der Waals surface area (Å²) in [6.07, 6.45) is 0. The van der Waals surface area contributed by atoms with Crippen LogP contribution in [0.4, 0.5) is 4.39 Å². The van der Waals surface area contributed by atoms with Crippen LogP contribution < -0.4 is 0 Å². The molecule has 1 aromatic carbocycles. The van der Waals surface area contributed by atoms with E-state index in [-0.39, 0.29) is 10.8 Å². The molecule has 0 bridgehead atoms. The predicted octanol–water partition coefficient (Wildman–Crippen LogP) is 2.31. The summed E-state index contributed by atoms with van der Waals surface area (Å²) in [6.45, 7) is 1.46. The summed E-state index contributed by atoms with van der Waals surface area (Å²) >= 11 is 5.53. The Hall–Kier alpha value is -0.940. The summed E-state index contributed by atoms with van der Waals surface area (Å²) in [4.78, 5) is 10.9. The van der Waals surface area contributed by atoms with Gasteiger partial charge in [0.1, 0.15) is 5.82 Å². The van der Waals surface area contributed by atoms with Crippen LogP contribution in [0.5, 0.6) is 0 Å². The third-order valence-electron chi connectivity index (χ3n) is 1.98. The molecule has 88 valence electrons. The summed E-state index contributed by atoms with van der Waals surface area (Å²) in [5, 5.41) is 8.54. The number of hydrogen-bond donors (Lipinski definition) is 1. The first kappa shape index (κ1) is 13.1. The second-order valence-electron chi connectivity index (χ2n) is 3.33. The third kappa shape index (κ3) is 3.28. The molecular formula is C10H10ClFO3S. The van der Waals surface area contributed by atoms with E-state index in [2.05, 4.69) is 0 Å². The molecule has 0 aliphatic rings. The highest BCUT2D eigenvalue weighted by Crippen LogP contribution is 2.19. The zero-order valence-electron chi connectivity index (χ0n) is 8.44. The molecule has 16 heavy (non-hydrogen) atoms. The molecule has 1 aromatic rings. The van der Waals surface area contributed by atoms with Crippen LogP contribution in [0.15, 0.2) is 23.1 Å². The molecule has 0 saturated carbocycles. The van der Waals surface area contributed by atoms with Crippen LogP contribution in [0.25, 0.3) is 0 Å². The fourth-order valence-corrected chi connectivity index (χ4v) is 2.52. The van der Waals surface area contributed by atoms with Gasteiger partial charge >= 0.3 is 5.97 Å². The van der Waals surface area contributed by atoms with Crippen molar-refractivity contribution in [3.8, 4) is 0 Å². The zero-order chi connectivity index (χ0) is 12.3. The number of carbonyl (C=O) groups is 1. The number of aliphatic carboxylic acids is 1. The zero-order valence-corrected chi connectivity index (χ0v) is 10.0. The number of rotatable bonds is 4. The average Bonchev–Trinajstić information content (AvgIpc) is 2.21. The van der Waals surface area contributed by atoms with E-state index in [0.29, 0.717) is 4.90 Å². The highest BCUT2D eigenvalue weighted by Gasteiger charge is 2.16. The lowest BCUT2D eigenvalue weighted by molar-refractivity contribution is -0.140. The van der Waals surface area contributed by atoms with Gasteiger partial charge in [0.25, 0.3) is 0 Å². The van der Waals surface area contributed by atoms with Gasteiger partial charge in [-0.25, -0.2) is 4.39 Å². The fourth-order valence-electron chi connectivity index (χ4n) is 1.01. The molecule has 2 unspecified atom stereocenters. The number of carboxylic acids is 1. The van der Waals surface area contributed by atoms with Crippen LogP contribution in [0, 0.1) is 11.7 Å². The van der Waals surface area contributed by atoms with Crippen molar-refractivity contribution >= 4 is 28.4 Å². The van der Waals surface area contributed by atoms with E-state index in [4.69, 9.17) is 16.7 Å². The molecule has 0 amide bonds.